The van der Waals surface area contributed by atoms with Gasteiger partial charge in [0.15, 0.2) is 23.6 Å². The smallest absolute Gasteiger partial charge is 0.229 e. The third kappa shape index (κ3) is 5.20. The molecule has 0 radical (unpaired) electrons. The fourth-order valence-electron chi connectivity index (χ4n) is 3.38. The van der Waals surface area contributed by atoms with E-state index < -0.39 is 61.9 Å². The number of ketones is 1. The van der Waals surface area contributed by atoms with Crippen LogP contribution >= 0.6 is 0 Å². The quantitative estimate of drug-likeness (QED) is 0.236. The molecule has 12 heteroatoms. The molecule has 3 rings (SSSR count). The number of aliphatic hydroxyl groups excluding tert-OH is 6. The molecule has 12 nitrogen and oxygen atoms in total. The topological polar surface area (TPSA) is 185 Å². The molecule has 1 aromatic carbocycles. The Balaban J connectivity index is 1.68. The van der Waals surface area contributed by atoms with Crippen molar-refractivity contribution in [2.24, 2.45) is 0 Å². The van der Waals surface area contributed by atoms with Crippen LogP contribution in [0.25, 0.3) is 0 Å². The predicted molar refractivity (Wildman–Crippen MR) is 104 cm³/mol. The minimum Gasteiger partial charge on any atom is -0.493 e. The normalized spacial score (nSPS) is 37.7. The van der Waals surface area contributed by atoms with E-state index in [1.165, 1.54) is 32.2 Å². The highest BCUT2D eigenvalue weighted by atomic mass is 16.7. The summed E-state index contributed by atoms with van der Waals surface area (Å²) in [5, 5.41) is 59.9. The van der Waals surface area contributed by atoms with Crippen LogP contribution in [0.1, 0.15) is 17.3 Å². The lowest BCUT2D eigenvalue weighted by molar-refractivity contribution is -0.307. The molecule has 0 aromatic heterocycles. The number of carbonyl (C=O) groups is 1. The van der Waals surface area contributed by atoms with Gasteiger partial charge in [-0.15, -0.1) is 0 Å². The van der Waals surface area contributed by atoms with Gasteiger partial charge in [0.2, 0.25) is 6.29 Å². The molecule has 0 amide bonds. The lowest BCUT2D eigenvalue weighted by Crippen LogP contribution is -2.61. The first-order valence-electron chi connectivity index (χ1n) is 9.96. The van der Waals surface area contributed by atoms with Crippen LogP contribution in [0.2, 0.25) is 0 Å². The first kappa shape index (κ1) is 24.8. The molecule has 0 aliphatic carbocycles. The van der Waals surface area contributed by atoms with E-state index in [0.717, 1.165) is 0 Å². The monoisotopic (exact) mass is 460 g/mol. The van der Waals surface area contributed by atoms with Gasteiger partial charge < -0.3 is 54.3 Å². The molecule has 0 spiro atoms. The number of carbonyl (C=O) groups excluding carboxylic acids is 1. The molecule has 0 bridgehead atoms. The molecule has 9 atom stereocenters. The Morgan fingerprint density at radius 2 is 1.66 bits per heavy atom. The molecule has 0 unspecified atom stereocenters. The van der Waals surface area contributed by atoms with Crippen LogP contribution in [-0.2, 0) is 14.2 Å². The number of rotatable bonds is 7. The zero-order chi connectivity index (χ0) is 23.6. The van der Waals surface area contributed by atoms with Crippen LogP contribution in [0.5, 0.6) is 11.5 Å². The van der Waals surface area contributed by atoms with Gasteiger partial charge in [-0.25, -0.2) is 0 Å². The van der Waals surface area contributed by atoms with Crippen LogP contribution in [-0.4, -0.2) is 112 Å². The zero-order valence-corrected chi connectivity index (χ0v) is 17.5. The maximum absolute atomic E-state index is 11.6. The summed E-state index contributed by atoms with van der Waals surface area (Å²) >= 11 is 0. The van der Waals surface area contributed by atoms with E-state index in [1.54, 1.807) is 0 Å². The van der Waals surface area contributed by atoms with E-state index in [-0.39, 0.29) is 23.9 Å². The number of aliphatic hydroxyl groups is 6. The summed E-state index contributed by atoms with van der Waals surface area (Å²) in [6.45, 7) is 0.703. The lowest BCUT2D eigenvalue weighted by atomic mass is 9.99. The molecule has 2 fully saturated rings. The number of hydrogen-bond acceptors (Lipinski definition) is 12. The molecule has 6 N–H and O–H groups in total. The number of ether oxygens (including phenoxy) is 5. The first-order chi connectivity index (χ1) is 15.1. The molecule has 0 saturated carbocycles. The minimum absolute atomic E-state index is 0.118. The van der Waals surface area contributed by atoms with Gasteiger partial charge in [-0.3, -0.25) is 4.79 Å². The van der Waals surface area contributed by atoms with Gasteiger partial charge in [0.25, 0.3) is 0 Å². The summed E-state index contributed by atoms with van der Waals surface area (Å²) < 4.78 is 26.9. The van der Waals surface area contributed by atoms with E-state index in [9.17, 15) is 35.4 Å². The Bertz CT molecular complexity index is 788. The third-order valence-electron chi connectivity index (χ3n) is 5.36. The molecule has 1 aromatic rings. The Morgan fingerprint density at radius 3 is 2.31 bits per heavy atom. The summed E-state index contributed by atoms with van der Waals surface area (Å²) in [6.07, 6.45) is -13.1. The molecular weight excluding hydrogens is 432 g/mol. The standard InChI is InChI=1S/C20H28O12/c1-8(21)9-3-4-11(12(5-9)28-2)31-20-18(27)16(25)15(24)13(32-20)7-30-19-17(26)14(23)10(22)6-29-19/h3-5,10,13-20,22-27H,6-7H2,1-2H3/t10-,13+,14-,15+,16-,17+,18+,19-,20+/m0/s1. The number of Topliss-reactive ketones (excluding diaryl/α,β-unsaturated/α-hetero) is 1. The molecular formula is C20H28O12. The van der Waals surface area contributed by atoms with Crippen molar-refractivity contribution in [2.75, 3.05) is 20.3 Å². The Hall–Kier alpha value is -1.87. The van der Waals surface area contributed by atoms with E-state index in [2.05, 4.69) is 0 Å². The van der Waals surface area contributed by atoms with Gasteiger partial charge in [-0.05, 0) is 25.1 Å². The molecule has 32 heavy (non-hydrogen) atoms. The van der Waals surface area contributed by atoms with Gasteiger partial charge in [-0.2, -0.15) is 0 Å². The Kier molecular flexibility index (Phi) is 8.03. The Labute approximate surface area is 183 Å². The van der Waals surface area contributed by atoms with E-state index >= 15 is 0 Å². The number of hydrogen-bond donors (Lipinski definition) is 6. The fourth-order valence-corrected chi connectivity index (χ4v) is 3.38. The predicted octanol–water partition coefficient (Wildman–Crippen LogP) is -2.46. The van der Waals surface area contributed by atoms with Gasteiger partial charge in [0, 0.05) is 5.56 Å². The second kappa shape index (κ2) is 10.4. The Morgan fingerprint density at radius 1 is 0.969 bits per heavy atom. The second-order valence-corrected chi connectivity index (χ2v) is 7.64. The van der Waals surface area contributed by atoms with E-state index in [1.807, 2.05) is 0 Å². The SMILES string of the molecule is COc1cc(C(C)=O)ccc1O[C@@H]1O[C@H](CO[C@@H]2OC[C@H](O)[C@H](O)[C@H]2O)[C@@H](O)[C@H](O)[C@H]1O. The first-order valence-corrected chi connectivity index (χ1v) is 9.96. The summed E-state index contributed by atoms with van der Waals surface area (Å²) in [4.78, 5) is 11.6. The number of methoxy groups -OCH3 is 1. The van der Waals surface area contributed by atoms with Crippen molar-refractivity contribution in [1.29, 1.82) is 0 Å². The highest BCUT2D eigenvalue weighted by Crippen LogP contribution is 2.32. The van der Waals surface area contributed by atoms with Gasteiger partial charge >= 0.3 is 0 Å². The van der Waals surface area contributed by atoms with Gasteiger partial charge in [-0.1, -0.05) is 0 Å². The lowest BCUT2D eigenvalue weighted by Gasteiger charge is -2.41. The largest absolute Gasteiger partial charge is 0.493 e. The molecule has 2 heterocycles. The summed E-state index contributed by atoms with van der Waals surface area (Å²) in [5.41, 5.74) is 0.374. The van der Waals surface area contributed by atoms with Crippen LogP contribution in [0.4, 0.5) is 0 Å². The summed E-state index contributed by atoms with van der Waals surface area (Å²) in [7, 11) is 1.36. The zero-order valence-electron chi connectivity index (χ0n) is 17.5. The fraction of sp³-hybridized carbons (Fsp3) is 0.650. The molecule has 180 valence electrons. The van der Waals surface area contributed by atoms with Crippen molar-refractivity contribution in [1.82, 2.24) is 0 Å². The second-order valence-electron chi connectivity index (χ2n) is 7.64. The van der Waals surface area contributed by atoms with Crippen molar-refractivity contribution in [3.05, 3.63) is 23.8 Å². The van der Waals surface area contributed by atoms with Gasteiger partial charge in [0.05, 0.1) is 20.3 Å². The third-order valence-corrected chi connectivity index (χ3v) is 5.36. The van der Waals surface area contributed by atoms with Crippen LogP contribution in [0.15, 0.2) is 18.2 Å². The maximum atomic E-state index is 11.6. The van der Waals surface area contributed by atoms with Crippen LogP contribution in [0.3, 0.4) is 0 Å². The van der Waals surface area contributed by atoms with E-state index in [4.69, 9.17) is 23.7 Å². The van der Waals surface area contributed by atoms with Crippen molar-refractivity contribution >= 4 is 5.78 Å². The maximum Gasteiger partial charge on any atom is 0.229 e. The van der Waals surface area contributed by atoms with Crippen LogP contribution in [0, 0.1) is 0 Å². The van der Waals surface area contributed by atoms with Crippen molar-refractivity contribution in [3.63, 3.8) is 0 Å². The summed E-state index contributed by atoms with van der Waals surface area (Å²) in [6, 6.07) is 4.37. The van der Waals surface area contributed by atoms with Gasteiger partial charge in [0.1, 0.15) is 42.7 Å². The van der Waals surface area contributed by atoms with Crippen molar-refractivity contribution < 1.29 is 59.1 Å². The molecule has 2 aliphatic rings. The van der Waals surface area contributed by atoms with Crippen LogP contribution < -0.4 is 9.47 Å². The summed E-state index contributed by atoms with van der Waals surface area (Å²) in [5.74, 6) is 0.116. The highest BCUT2D eigenvalue weighted by molar-refractivity contribution is 5.94. The average Bonchev–Trinajstić information content (AvgIpc) is 2.78. The van der Waals surface area contributed by atoms with E-state index in [0.29, 0.717) is 5.56 Å². The number of benzene rings is 1. The van der Waals surface area contributed by atoms with Crippen molar-refractivity contribution in [2.45, 2.75) is 62.2 Å². The molecule has 2 aliphatic heterocycles. The molecule has 2 saturated heterocycles. The minimum atomic E-state index is -1.66. The van der Waals surface area contributed by atoms with Crippen molar-refractivity contribution in [3.8, 4) is 11.5 Å². The average molecular weight is 460 g/mol. The highest BCUT2D eigenvalue weighted by Gasteiger charge is 2.46.